The van der Waals surface area contributed by atoms with Crippen molar-refractivity contribution in [2.75, 3.05) is 13.1 Å². The lowest BCUT2D eigenvalue weighted by atomic mass is 9.99. The molecule has 0 radical (unpaired) electrons. The highest BCUT2D eigenvalue weighted by Gasteiger charge is 2.26. The molecule has 0 bridgehead atoms. The molecule has 0 aliphatic carbocycles. The number of carbonyl (C=O) groups is 1. The highest BCUT2D eigenvalue weighted by molar-refractivity contribution is 6.32. The standard InChI is InChI=1S/C22H21ClFN3O/c1-15-10-12-26(13-11-15)22(28)21-14-19(16-6-2-4-8-18(16)24)25-27(21)20-9-5-3-7-17(20)23/h2-9,14-15H,10-13H2,1H3. The Bertz CT molecular complexity index is 1010. The minimum absolute atomic E-state index is 0.109. The summed E-state index contributed by atoms with van der Waals surface area (Å²) in [5, 5.41) is 5.03. The number of hydrogen-bond donors (Lipinski definition) is 0. The van der Waals surface area contributed by atoms with Crippen LogP contribution in [-0.4, -0.2) is 33.7 Å². The van der Waals surface area contributed by atoms with Crippen LogP contribution in [0.1, 0.15) is 30.3 Å². The van der Waals surface area contributed by atoms with E-state index in [4.69, 9.17) is 11.6 Å². The van der Waals surface area contributed by atoms with Crippen LogP contribution in [0.25, 0.3) is 16.9 Å². The molecule has 2 heterocycles. The quantitative estimate of drug-likeness (QED) is 0.609. The van der Waals surface area contributed by atoms with Crippen molar-refractivity contribution in [2.24, 2.45) is 5.92 Å². The Labute approximate surface area is 168 Å². The molecule has 1 aromatic heterocycles. The molecule has 1 aliphatic rings. The van der Waals surface area contributed by atoms with Gasteiger partial charge >= 0.3 is 0 Å². The maximum atomic E-state index is 14.3. The van der Waals surface area contributed by atoms with E-state index in [1.165, 1.54) is 10.7 Å². The Kier molecular flexibility index (Phi) is 5.18. The largest absolute Gasteiger partial charge is 0.337 e. The van der Waals surface area contributed by atoms with E-state index in [-0.39, 0.29) is 11.7 Å². The third kappa shape index (κ3) is 3.54. The lowest BCUT2D eigenvalue weighted by Crippen LogP contribution is -2.38. The van der Waals surface area contributed by atoms with E-state index in [1.807, 2.05) is 17.0 Å². The summed E-state index contributed by atoms with van der Waals surface area (Å²) in [5.41, 5.74) is 1.75. The molecule has 3 aromatic rings. The van der Waals surface area contributed by atoms with Crippen molar-refractivity contribution in [3.63, 3.8) is 0 Å². The Hall–Kier alpha value is -2.66. The van der Waals surface area contributed by atoms with Gasteiger partial charge in [-0.3, -0.25) is 4.79 Å². The first-order valence-corrected chi connectivity index (χ1v) is 9.81. The Morgan fingerprint density at radius 1 is 1.11 bits per heavy atom. The molecule has 1 saturated heterocycles. The summed E-state index contributed by atoms with van der Waals surface area (Å²) in [6.07, 6.45) is 1.96. The van der Waals surface area contributed by atoms with Gasteiger partial charge in [0.2, 0.25) is 0 Å². The Morgan fingerprint density at radius 3 is 2.50 bits per heavy atom. The second-order valence-electron chi connectivity index (χ2n) is 7.23. The number of likely N-dealkylation sites (tertiary alicyclic amines) is 1. The minimum atomic E-state index is -0.378. The van der Waals surface area contributed by atoms with Crippen molar-refractivity contribution in [3.05, 3.63) is 71.1 Å². The van der Waals surface area contributed by atoms with Crippen molar-refractivity contribution in [2.45, 2.75) is 19.8 Å². The van der Waals surface area contributed by atoms with Gasteiger partial charge < -0.3 is 4.90 Å². The van der Waals surface area contributed by atoms with Crippen LogP contribution >= 0.6 is 11.6 Å². The first-order valence-electron chi connectivity index (χ1n) is 9.43. The van der Waals surface area contributed by atoms with Crippen LogP contribution in [0, 0.1) is 11.7 Å². The van der Waals surface area contributed by atoms with E-state index in [0.29, 0.717) is 46.7 Å². The molecule has 0 N–H and O–H groups in total. The summed E-state index contributed by atoms with van der Waals surface area (Å²) in [6, 6.07) is 15.3. The van der Waals surface area contributed by atoms with E-state index in [0.717, 1.165) is 12.8 Å². The summed E-state index contributed by atoms with van der Waals surface area (Å²) >= 11 is 6.37. The lowest BCUT2D eigenvalue weighted by molar-refractivity contribution is 0.0688. The Morgan fingerprint density at radius 2 is 1.79 bits per heavy atom. The van der Waals surface area contributed by atoms with Crippen LogP contribution < -0.4 is 0 Å². The van der Waals surface area contributed by atoms with Crippen molar-refractivity contribution in [1.29, 1.82) is 0 Å². The average Bonchev–Trinajstić information content (AvgIpc) is 3.13. The number of carbonyl (C=O) groups excluding carboxylic acids is 1. The molecular formula is C22H21ClFN3O. The smallest absolute Gasteiger partial charge is 0.272 e. The number of halogens is 2. The molecule has 1 fully saturated rings. The zero-order valence-electron chi connectivity index (χ0n) is 15.6. The summed E-state index contributed by atoms with van der Waals surface area (Å²) in [4.78, 5) is 15.1. The maximum Gasteiger partial charge on any atom is 0.272 e. The maximum absolute atomic E-state index is 14.3. The minimum Gasteiger partial charge on any atom is -0.337 e. The van der Waals surface area contributed by atoms with Crippen molar-refractivity contribution in [1.82, 2.24) is 14.7 Å². The topological polar surface area (TPSA) is 38.1 Å². The molecule has 0 spiro atoms. The van der Waals surface area contributed by atoms with E-state index >= 15 is 0 Å². The molecule has 4 rings (SSSR count). The van der Waals surface area contributed by atoms with Gasteiger partial charge in [-0.2, -0.15) is 5.10 Å². The molecule has 6 heteroatoms. The third-order valence-electron chi connectivity index (χ3n) is 5.23. The third-order valence-corrected chi connectivity index (χ3v) is 5.55. The van der Waals surface area contributed by atoms with Crippen LogP contribution in [0.3, 0.4) is 0 Å². The van der Waals surface area contributed by atoms with Gasteiger partial charge in [-0.05, 0) is 49.1 Å². The van der Waals surface area contributed by atoms with Crippen molar-refractivity contribution in [3.8, 4) is 16.9 Å². The van der Waals surface area contributed by atoms with Gasteiger partial charge in [0.1, 0.15) is 11.5 Å². The summed E-state index contributed by atoms with van der Waals surface area (Å²) < 4.78 is 15.9. The van der Waals surface area contributed by atoms with E-state index in [9.17, 15) is 9.18 Å². The highest BCUT2D eigenvalue weighted by atomic mass is 35.5. The fourth-order valence-electron chi connectivity index (χ4n) is 3.51. The van der Waals surface area contributed by atoms with Crippen LogP contribution in [0.15, 0.2) is 54.6 Å². The number of amides is 1. The summed E-state index contributed by atoms with van der Waals surface area (Å²) in [6.45, 7) is 3.62. The van der Waals surface area contributed by atoms with Gasteiger partial charge in [-0.1, -0.05) is 42.8 Å². The lowest BCUT2D eigenvalue weighted by Gasteiger charge is -2.30. The number of nitrogens with zero attached hydrogens (tertiary/aromatic N) is 3. The van der Waals surface area contributed by atoms with Crippen molar-refractivity contribution < 1.29 is 9.18 Å². The van der Waals surface area contributed by atoms with Crippen molar-refractivity contribution >= 4 is 17.5 Å². The molecule has 28 heavy (non-hydrogen) atoms. The van der Waals surface area contributed by atoms with Gasteiger partial charge in [0.15, 0.2) is 0 Å². The monoisotopic (exact) mass is 397 g/mol. The molecule has 144 valence electrons. The second-order valence-corrected chi connectivity index (χ2v) is 7.64. The van der Waals surface area contributed by atoms with Gasteiger partial charge in [0.05, 0.1) is 16.4 Å². The number of para-hydroxylation sites is 1. The van der Waals surface area contributed by atoms with E-state index < -0.39 is 0 Å². The number of benzene rings is 2. The predicted octanol–water partition coefficient (Wildman–Crippen LogP) is 5.20. The number of aromatic nitrogens is 2. The SMILES string of the molecule is CC1CCN(C(=O)c2cc(-c3ccccc3F)nn2-c2ccccc2Cl)CC1. The fraction of sp³-hybridized carbons (Fsp3) is 0.273. The molecule has 1 amide bonds. The van der Waals surface area contributed by atoms with Crippen LogP contribution in [0.5, 0.6) is 0 Å². The summed E-state index contributed by atoms with van der Waals surface area (Å²) in [7, 11) is 0. The second kappa shape index (κ2) is 7.76. The first kappa shape index (κ1) is 18.7. The molecule has 2 aromatic carbocycles. The van der Waals surface area contributed by atoms with Crippen LogP contribution in [-0.2, 0) is 0 Å². The van der Waals surface area contributed by atoms with Crippen LogP contribution in [0.2, 0.25) is 5.02 Å². The molecule has 4 nitrogen and oxygen atoms in total. The fourth-order valence-corrected chi connectivity index (χ4v) is 3.73. The molecule has 1 aliphatic heterocycles. The first-order chi connectivity index (χ1) is 13.5. The van der Waals surface area contributed by atoms with E-state index in [2.05, 4.69) is 12.0 Å². The van der Waals surface area contributed by atoms with Gasteiger partial charge in [0.25, 0.3) is 5.91 Å². The van der Waals surface area contributed by atoms with Gasteiger partial charge in [0, 0.05) is 18.7 Å². The van der Waals surface area contributed by atoms with Gasteiger partial charge in [-0.15, -0.1) is 0 Å². The predicted molar refractivity (Wildman–Crippen MR) is 108 cm³/mol. The molecular weight excluding hydrogens is 377 g/mol. The number of hydrogen-bond acceptors (Lipinski definition) is 2. The van der Waals surface area contributed by atoms with Gasteiger partial charge in [-0.25, -0.2) is 9.07 Å². The average molecular weight is 398 g/mol. The normalized spacial score (nSPS) is 15.0. The highest BCUT2D eigenvalue weighted by Crippen LogP contribution is 2.28. The molecule has 0 saturated carbocycles. The Balaban J connectivity index is 1.81. The number of rotatable bonds is 3. The van der Waals surface area contributed by atoms with E-state index in [1.54, 1.807) is 36.4 Å². The zero-order valence-corrected chi connectivity index (χ0v) is 16.4. The summed E-state index contributed by atoms with van der Waals surface area (Å²) in [5.74, 6) is 0.130. The number of piperidine rings is 1. The zero-order chi connectivity index (χ0) is 19.7. The molecule has 0 atom stereocenters. The molecule has 0 unspecified atom stereocenters. The van der Waals surface area contributed by atoms with Crippen LogP contribution in [0.4, 0.5) is 4.39 Å².